The number of esters is 2. The summed E-state index contributed by atoms with van der Waals surface area (Å²) in [5, 5.41) is 0. The van der Waals surface area contributed by atoms with Gasteiger partial charge in [-0.3, -0.25) is 9.59 Å². The van der Waals surface area contributed by atoms with Gasteiger partial charge < -0.3 is 28.4 Å². The SMILES string of the molecule is COC(=O)C1(C(=O)OC)Cc2c(c(-c3ccccc3)c3c4c2CO[C@H]4[C@@H]2OC(C)(C)OC[C@H]2O3)C1. The molecule has 0 saturated carbocycles. The maximum atomic E-state index is 13.0. The molecule has 0 unspecified atom stereocenters. The molecule has 0 N–H and O–H groups in total. The van der Waals surface area contributed by atoms with E-state index in [-0.39, 0.29) is 31.2 Å². The molecular weight excluding hydrogens is 452 g/mol. The van der Waals surface area contributed by atoms with Gasteiger partial charge in [-0.15, -0.1) is 0 Å². The van der Waals surface area contributed by atoms with E-state index in [9.17, 15) is 9.59 Å². The molecule has 8 heteroatoms. The lowest BCUT2D eigenvalue weighted by atomic mass is 9.84. The second-order valence-electron chi connectivity index (χ2n) is 10.0. The summed E-state index contributed by atoms with van der Waals surface area (Å²) in [5.74, 6) is -1.24. The molecule has 0 radical (unpaired) electrons. The van der Waals surface area contributed by atoms with Crippen molar-refractivity contribution in [2.75, 3.05) is 20.8 Å². The fourth-order valence-corrected chi connectivity index (χ4v) is 6.08. The smallest absolute Gasteiger partial charge is 0.323 e. The summed E-state index contributed by atoms with van der Waals surface area (Å²) in [7, 11) is 2.59. The summed E-state index contributed by atoms with van der Waals surface area (Å²) >= 11 is 0. The summed E-state index contributed by atoms with van der Waals surface area (Å²) in [5.41, 5.74) is 4.06. The molecule has 184 valence electrons. The van der Waals surface area contributed by atoms with E-state index in [1.54, 1.807) is 0 Å². The zero-order valence-corrected chi connectivity index (χ0v) is 20.2. The summed E-state index contributed by atoms with van der Waals surface area (Å²) in [4.78, 5) is 26.1. The molecule has 1 aliphatic carbocycles. The average Bonchev–Trinajstić information content (AvgIpc) is 3.48. The Bertz CT molecular complexity index is 1200. The van der Waals surface area contributed by atoms with E-state index in [4.69, 9.17) is 28.4 Å². The number of methoxy groups -OCH3 is 2. The first kappa shape index (κ1) is 22.5. The van der Waals surface area contributed by atoms with Crippen LogP contribution in [0.15, 0.2) is 30.3 Å². The maximum absolute atomic E-state index is 13.0. The van der Waals surface area contributed by atoms with Gasteiger partial charge in [-0.05, 0) is 36.1 Å². The van der Waals surface area contributed by atoms with Crippen molar-refractivity contribution >= 4 is 11.9 Å². The molecule has 0 aromatic heterocycles. The molecule has 8 nitrogen and oxygen atoms in total. The van der Waals surface area contributed by atoms with Crippen LogP contribution in [0.3, 0.4) is 0 Å². The van der Waals surface area contributed by atoms with Crippen molar-refractivity contribution in [1.29, 1.82) is 0 Å². The number of carbonyl (C=O) groups excluding carboxylic acids is 2. The number of hydrogen-bond acceptors (Lipinski definition) is 8. The van der Waals surface area contributed by atoms with Crippen LogP contribution in [0.1, 0.15) is 42.2 Å². The predicted molar refractivity (Wildman–Crippen MR) is 123 cm³/mol. The molecule has 1 saturated heterocycles. The van der Waals surface area contributed by atoms with Crippen molar-refractivity contribution < 1.29 is 38.0 Å². The Morgan fingerprint density at radius 2 is 1.66 bits per heavy atom. The van der Waals surface area contributed by atoms with Crippen molar-refractivity contribution in [2.45, 2.75) is 57.4 Å². The monoisotopic (exact) mass is 480 g/mol. The van der Waals surface area contributed by atoms with Crippen molar-refractivity contribution in [1.82, 2.24) is 0 Å². The molecule has 4 aliphatic rings. The second-order valence-corrected chi connectivity index (χ2v) is 10.0. The summed E-state index contributed by atoms with van der Waals surface area (Å²) < 4.78 is 35.3. The largest absolute Gasteiger partial charge is 0.484 e. The highest BCUT2D eigenvalue weighted by Gasteiger charge is 2.57. The Morgan fingerprint density at radius 3 is 2.34 bits per heavy atom. The Hall–Kier alpha value is -2.94. The number of carbonyl (C=O) groups is 2. The number of fused-ring (bicyclic) bond motifs is 4. The van der Waals surface area contributed by atoms with Crippen LogP contribution in [0.25, 0.3) is 11.1 Å². The third-order valence-electron chi connectivity index (χ3n) is 7.64. The van der Waals surface area contributed by atoms with E-state index in [0.29, 0.717) is 19.0 Å². The van der Waals surface area contributed by atoms with E-state index < -0.39 is 23.1 Å². The van der Waals surface area contributed by atoms with Crippen LogP contribution < -0.4 is 4.74 Å². The molecular formula is C27H28O8. The van der Waals surface area contributed by atoms with E-state index in [1.165, 1.54) is 14.2 Å². The topological polar surface area (TPSA) is 89.5 Å². The van der Waals surface area contributed by atoms with Crippen molar-refractivity contribution in [3.63, 3.8) is 0 Å². The lowest BCUT2D eigenvalue weighted by Gasteiger charge is -2.46. The van der Waals surface area contributed by atoms with Crippen LogP contribution in [-0.4, -0.2) is 50.8 Å². The minimum Gasteiger partial charge on any atom is -0.484 e. The van der Waals surface area contributed by atoms with E-state index >= 15 is 0 Å². The van der Waals surface area contributed by atoms with Gasteiger partial charge in [-0.2, -0.15) is 0 Å². The van der Waals surface area contributed by atoms with Gasteiger partial charge in [0.1, 0.15) is 18.0 Å². The van der Waals surface area contributed by atoms with Gasteiger partial charge in [0.05, 0.1) is 27.4 Å². The quantitative estimate of drug-likeness (QED) is 0.489. The molecule has 1 fully saturated rings. The molecule has 0 amide bonds. The minimum absolute atomic E-state index is 0.161. The number of hydrogen-bond donors (Lipinski definition) is 0. The number of benzene rings is 2. The third-order valence-corrected chi connectivity index (χ3v) is 7.64. The highest BCUT2D eigenvalue weighted by atomic mass is 16.7. The van der Waals surface area contributed by atoms with E-state index in [1.807, 2.05) is 44.2 Å². The van der Waals surface area contributed by atoms with Gasteiger partial charge in [0, 0.05) is 24.0 Å². The Balaban J connectivity index is 1.59. The lowest BCUT2D eigenvalue weighted by molar-refractivity contribution is -0.321. The molecule has 3 atom stereocenters. The highest BCUT2D eigenvalue weighted by molar-refractivity contribution is 6.02. The molecule has 3 aliphatic heterocycles. The first-order chi connectivity index (χ1) is 16.8. The fourth-order valence-electron chi connectivity index (χ4n) is 6.08. The van der Waals surface area contributed by atoms with Crippen LogP contribution in [-0.2, 0) is 52.7 Å². The number of rotatable bonds is 3. The Labute approximate surface area is 203 Å². The van der Waals surface area contributed by atoms with E-state index in [2.05, 4.69) is 0 Å². The number of ether oxygens (including phenoxy) is 6. The van der Waals surface area contributed by atoms with Gasteiger partial charge >= 0.3 is 11.9 Å². The van der Waals surface area contributed by atoms with Gasteiger partial charge in [0.2, 0.25) is 0 Å². The fraction of sp³-hybridized carbons (Fsp3) is 0.481. The van der Waals surface area contributed by atoms with Crippen LogP contribution in [0.4, 0.5) is 0 Å². The van der Waals surface area contributed by atoms with Crippen LogP contribution in [0.2, 0.25) is 0 Å². The molecule has 3 heterocycles. The Morgan fingerprint density at radius 1 is 0.971 bits per heavy atom. The van der Waals surface area contributed by atoms with Crippen LogP contribution in [0.5, 0.6) is 5.75 Å². The minimum atomic E-state index is -1.46. The maximum Gasteiger partial charge on any atom is 0.323 e. The van der Waals surface area contributed by atoms with Gasteiger partial charge in [-0.25, -0.2) is 0 Å². The summed E-state index contributed by atoms with van der Waals surface area (Å²) in [6.07, 6.45) is -0.667. The third kappa shape index (κ3) is 3.16. The first-order valence-electron chi connectivity index (χ1n) is 11.8. The molecule has 0 bridgehead atoms. The highest BCUT2D eigenvalue weighted by Crippen LogP contribution is 2.57. The second kappa shape index (κ2) is 7.78. The Kier molecular flexibility index (Phi) is 5.01. The van der Waals surface area contributed by atoms with Crippen molar-refractivity contribution in [3.8, 4) is 16.9 Å². The predicted octanol–water partition coefficient (Wildman–Crippen LogP) is 3.27. The zero-order valence-electron chi connectivity index (χ0n) is 20.2. The van der Waals surface area contributed by atoms with E-state index in [0.717, 1.165) is 33.4 Å². The summed E-state index contributed by atoms with van der Waals surface area (Å²) in [6.45, 7) is 4.48. The first-order valence-corrected chi connectivity index (χ1v) is 11.8. The summed E-state index contributed by atoms with van der Waals surface area (Å²) in [6, 6.07) is 9.88. The molecule has 6 rings (SSSR count). The molecule has 2 aromatic carbocycles. The lowest BCUT2D eigenvalue weighted by Crippen LogP contribution is -2.55. The van der Waals surface area contributed by atoms with Crippen LogP contribution >= 0.6 is 0 Å². The molecule has 35 heavy (non-hydrogen) atoms. The van der Waals surface area contributed by atoms with Crippen molar-refractivity contribution in [3.05, 3.63) is 52.6 Å². The van der Waals surface area contributed by atoms with Crippen LogP contribution in [0, 0.1) is 5.41 Å². The zero-order chi connectivity index (χ0) is 24.5. The van der Waals surface area contributed by atoms with Crippen molar-refractivity contribution in [2.24, 2.45) is 5.41 Å². The normalized spacial score (nSPS) is 26.7. The molecule has 0 spiro atoms. The average molecular weight is 481 g/mol. The van der Waals surface area contributed by atoms with Gasteiger partial charge in [-0.1, -0.05) is 30.3 Å². The van der Waals surface area contributed by atoms with Gasteiger partial charge in [0.25, 0.3) is 0 Å². The van der Waals surface area contributed by atoms with Gasteiger partial charge in [0.15, 0.2) is 17.3 Å². The standard InChI is InChI=1S/C27H28O8/c1-26(2)33-13-18-21(35-26)23-20-17(12-32-23)15-10-27(24(28)30-3,25(29)31-4)11-16(15)19(22(20)34-18)14-8-6-5-7-9-14/h5-9,18,21,23H,10-13H2,1-4H3/t18-,21-,23-/m1/s1. The molecule has 2 aromatic rings.